The first-order valence-electron chi connectivity index (χ1n) is 11.2. The number of halogens is 2. The number of anilines is 1. The van der Waals surface area contributed by atoms with Crippen molar-refractivity contribution in [2.45, 2.75) is 39.7 Å². The van der Waals surface area contributed by atoms with Crippen LogP contribution in [0.5, 0.6) is 11.5 Å². The van der Waals surface area contributed by atoms with Crippen molar-refractivity contribution in [2.24, 2.45) is 4.99 Å². The molecule has 0 saturated carbocycles. The normalized spacial score (nSPS) is 14.8. The standard InChI is InChI=1S/C28H28Cl2N2O/c1-5-14-32-26-16-25(30)20(15-23(26)19(2)17-28(32,3)4)18-31-21-10-12-22(13-11-21)33-27-9-7-6-8-24(27)29/h6-13,15-18H,5,14H2,1-4H3. The highest BCUT2D eigenvalue weighted by Crippen LogP contribution is 2.41. The van der Waals surface area contributed by atoms with Gasteiger partial charge < -0.3 is 9.64 Å². The average Bonchev–Trinajstić information content (AvgIpc) is 2.78. The zero-order valence-corrected chi connectivity index (χ0v) is 20.9. The van der Waals surface area contributed by atoms with Gasteiger partial charge in [-0.1, -0.05) is 48.3 Å². The summed E-state index contributed by atoms with van der Waals surface area (Å²) in [5.41, 5.74) is 5.32. The molecule has 1 aliphatic rings. The third-order valence-corrected chi connectivity index (χ3v) is 6.44. The van der Waals surface area contributed by atoms with E-state index in [1.807, 2.05) is 48.7 Å². The van der Waals surface area contributed by atoms with Crippen molar-refractivity contribution in [3.05, 3.63) is 87.9 Å². The SMILES string of the molecule is CCCN1c2cc(Cl)c(C=Nc3ccc(Oc4ccccc4Cl)cc3)cc2C(C)=CC1(C)C. The van der Waals surface area contributed by atoms with Gasteiger partial charge in [0.1, 0.15) is 11.5 Å². The van der Waals surface area contributed by atoms with Gasteiger partial charge in [-0.15, -0.1) is 0 Å². The first-order valence-corrected chi connectivity index (χ1v) is 11.9. The lowest BCUT2D eigenvalue weighted by Gasteiger charge is -2.43. The van der Waals surface area contributed by atoms with Crippen LogP contribution in [0, 0.1) is 0 Å². The largest absolute Gasteiger partial charge is 0.456 e. The van der Waals surface area contributed by atoms with Gasteiger partial charge in [0.15, 0.2) is 0 Å². The Morgan fingerprint density at radius 3 is 2.42 bits per heavy atom. The highest BCUT2D eigenvalue weighted by Gasteiger charge is 2.31. The number of hydrogen-bond acceptors (Lipinski definition) is 3. The Morgan fingerprint density at radius 1 is 1.00 bits per heavy atom. The lowest BCUT2D eigenvalue weighted by Crippen LogP contribution is -2.45. The van der Waals surface area contributed by atoms with Crippen molar-refractivity contribution in [2.75, 3.05) is 11.4 Å². The Balaban J connectivity index is 1.57. The highest BCUT2D eigenvalue weighted by molar-refractivity contribution is 6.33. The molecular formula is C28H28Cl2N2O. The van der Waals surface area contributed by atoms with E-state index in [0.29, 0.717) is 21.5 Å². The van der Waals surface area contributed by atoms with Crippen molar-refractivity contribution in [3.63, 3.8) is 0 Å². The first kappa shape index (κ1) is 23.4. The third kappa shape index (κ3) is 5.10. The topological polar surface area (TPSA) is 24.8 Å². The molecule has 33 heavy (non-hydrogen) atoms. The lowest BCUT2D eigenvalue weighted by atomic mass is 9.88. The van der Waals surface area contributed by atoms with Crippen LogP contribution in [0.3, 0.4) is 0 Å². The molecular weight excluding hydrogens is 451 g/mol. The monoisotopic (exact) mass is 478 g/mol. The van der Waals surface area contributed by atoms with Crippen LogP contribution in [-0.4, -0.2) is 18.3 Å². The second-order valence-corrected chi connectivity index (χ2v) is 9.62. The third-order valence-electron chi connectivity index (χ3n) is 5.80. The summed E-state index contributed by atoms with van der Waals surface area (Å²) in [6.07, 6.45) is 5.23. The van der Waals surface area contributed by atoms with E-state index in [1.165, 1.54) is 16.8 Å². The Labute approximate surface area is 206 Å². The van der Waals surface area contributed by atoms with Gasteiger partial charge in [0.05, 0.1) is 21.3 Å². The summed E-state index contributed by atoms with van der Waals surface area (Å²) in [7, 11) is 0. The van der Waals surface area contributed by atoms with E-state index in [4.69, 9.17) is 27.9 Å². The summed E-state index contributed by atoms with van der Waals surface area (Å²) in [5, 5.41) is 1.27. The van der Waals surface area contributed by atoms with Crippen LogP contribution in [0.4, 0.5) is 11.4 Å². The van der Waals surface area contributed by atoms with Crippen LogP contribution in [0.25, 0.3) is 5.57 Å². The maximum absolute atomic E-state index is 6.69. The Kier molecular flexibility index (Phi) is 6.83. The molecule has 4 rings (SSSR count). The summed E-state index contributed by atoms with van der Waals surface area (Å²) in [4.78, 5) is 7.07. The van der Waals surface area contributed by atoms with Gasteiger partial charge in [0.25, 0.3) is 0 Å². The van der Waals surface area contributed by atoms with Crippen molar-refractivity contribution < 1.29 is 4.74 Å². The van der Waals surface area contributed by atoms with Gasteiger partial charge in [-0.25, -0.2) is 0 Å². The number of benzene rings is 3. The second kappa shape index (κ2) is 9.62. The van der Waals surface area contributed by atoms with E-state index in [-0.39, 0.29) is 5.54 Å². The Morgan fingerprint density at radius 2 is 1.73 bits per heavy atom. The minimum Gasteiger partial charge on any atom is -0.456 e. The maximum atomic E-state index is 6.69. The molecule has 0 aliphatic carbocycles. The molecule has 0 radical (unpaired) electrons. The smallest absolute Gasteiger partial charge is 0.146 e. The number of hydrogen-bond donors (Lipinski definition) is 0. The fraction of sp³-hybridized carbons (Fsp3) is 0.250. The van der Waals surface area contributed by atoms with E-state index >= 15 is 0 Å². The number of ether oxygens (including phenoxy) is 1. The maximum Gasteiger partial charge on any atom is 0.146 e. The summed E-state index contributed by atoms with van der Waals surface area (Å²) < 4.78 is 5.85. The van der Waals surface area contributed by atoms with Crippen LogP contribution in [-0.2, 0) is 0 Å². The predicted octanol–water partition coefficient (Wildman–Crippen LogP) is 8.95. The van der Waals surface area contributed by atoms with Crippen LogP contribution >= 0.6 is 23.2 Å². The molecule has 3 aromatic carbocycles. The van der Waals surface area contributed by atoms with Gasteiger partial charge in [0.2, 0.25) is 0 Å². The van der Waals surface area contributed by atoms with Crippen LogP contribution in [0.1, 0.15) is 45.2 Å². The minimum absolute atomic E-state index is 0.0418. The zero-order valence-electron chi connectivity index (χ0n) is 19.4. The molecule has 0 unspecified atom stereocenters. The Bertz CT molecular complexity index is 1210. The van der Waals surface area contributed by atoms with Crippen molar-refractivity contribution in [1.29, 1.82) is 0 Å². The molecule has 0 aromatic heterocycles. The van der Waals surface area contributed by atoms with E-state index in [0.717, 1.165) is 24.2 Å². The highest BCUT2D eigenvalue weighted by atomic mass is 35.5. The van der Waals surface area contributed by atoms with E-state index < -0.39 is 0 Å². The zero-order chi connectivity index (χ0) is 23.6. The fourth-order valence-electron chi connectivity index (χ4n) is 4.24. The molecule has 3 aromatic rings. The predicted molar refractivity (Wildman–Crippen MR) is 142 cm³/mol. The molecule has 0 fully saturated rings. The van der Waals surface area contributed by atoms with Gasteiger partial charge >= 0.3 is 0 Å². The number of allylic oxidation sites excluding steroid dienone is 1. The molecule has 0 bridgehead atoms. The molecule has 0 saturated heterocycles. The molecule has 1 heterocycles. The number of rotatable bonds is 6. The molecule has 0 atom stereocenters. The number of nitrogens with zero attached hydrogens (tertiary/aromatic N) is 2. The lowest BCUT2D eigenvalue weighted by molar-refractivity contribution is 0.483. The molecule has 3 nitrogen and oxygen atoms in total. The van der Waals surface area contributed by atoms with Crippen LogP contribution in [0.2, 0.25) is 10.0 Å². The molecule has 5 heteroatoms. The second-order valence-electron chi connectivity index (χ2n) is 8.81. The van der Waals surface area contributed by atoms with Crippen molar-refractivity contribution in [1.82, 2.24) is 0 Å². The van der Waals surface area contributed by atoms with Gasteiger partial charge in [-0.05, 0) is 81.3 Å². The average molecular weight is 479 g/mol. The van der Waals surface area contributed by atoms with E-state index in [2.05, 4.69) is 55.8 Å². The van der Waals surface area contributed by atoms with Gasteiger partial charge in [-0.3, -0.25) is 4.99 Å². The van der Waals surface area contributed by atoms with E-state index in [9.17, 15) is 0 Å². The molecule has 0 spiro atoms. The summed E-state index contributed by atoms with van der Waals surface area (Å²) >= 11 is 12.9. The van der Waals surface area contributed by atoms with Gasteiger partial charge in [0, 0.05) is 29.6 Å². The van der Waals surface area contributed by atoms with Crippen LogP contribution < -0.4 is 9.64 Å². The fourth-order valence-corrected chi connectivity index (χ4v) is 4.63. The van der Waals surface area contributed by atoms with Crippen molar-refractivity contribution in [3.8, 4) is 11.5 Å². The molecule has 1 aliphatic heterocycles. The van der Waals surface area contributed by atoms with Gasteiger partial charge in [-0.2, -0.15) is 0 Å². The summed E-state index contributed by atoms with van der Waals surface area (Å²) in [6.45, 7) is 9.84. The minimum atomic E-state index is -0.0418. The summed E-state index contributed by atoms with van der Waals surface area (Å²) in [6, 6.07) is 19.2. The summed E-state index contributed by atoms with van der Waals surface area (Å²) in [5.74, 6) is 1.33. The molecule has 0 N–H and O–H groups in total. The van der Waals surface area contributed by atoms with Crippen LogP contribution in [0.15, 0.2) is 71.7 Å². The number of fused-ring (bicyclic) bond motifs is 1. The molecule has 170 valence electrons. The van der Waals surface area contributed by atoms with Crippen molar-refractivity contribution >= 4 is 46.4 Å². The number of para-hydroxylation sites is 1. The first-order chi connectivity index (χ1) is 15.8. The van der Waals surface area contributed by atoms with E-state index in [1.54, 1.807) is 6.07 Å². The quantitative estimate of drug-likeness (QED) is 0.330. The number of aliphatic imine (C=N–C) groups is 1. The molecule has 0 amide bonds. The Hall–Kier alpha value is -2.75.